The summed E-state index contributed by atoms with van der Waals surface area (Å²) >= 11 is 0. The zero-order chi connectivity index (χ0) is 21.5. The molecule has 1 fully saturated rings. The summed E-state index contributed by atoms with van der Waals surface area (Å²) in [6.07, 6.45) is 4.05. The minimum absolute atomic E-state index is 0.0541. The number of ether oxygens (including phenoxy) is 2. The van der Waals surface area contributed by atoms with Crippen LogP contribution in [0.4, 0.5) is 0 Å². The monoisotopic (exact) mass is 422 g/mol. The van der Waals surface area contributed by atoms with E-state index in [2.05, 4.69) is 27.0 Å². The van der Waals surface area contributed by atoms with Gasteiger partial charge in [-0.2, -0.15) is 0 Å². The van der Waals surface area contributed by atoms with Gasteiger partial charge in [0.05, 0.1) is 6.54 Å². The smallest absolute Gasteiger partial charge is 0.258 e. The Balaban J connectivity index is 1.13. The zero-order valence-electron chi connectivity index (χ0n) is 17.9. The standard InChI is InChI=1S/C24H30N4O3/c1-25-24(27-15-21-14-18-4-2-3-5-22(18)31-21)26-13-12-17-6-10-20(11-7-17)30-16-23(29)28-19-8-9-19/h2-7,10-11,19,21H,8-9,12-16H2,1H3,(H,28,29)(H2,25,26,27). The van der Waals surface area contributed by atoms with Gasteiger partial charge in [-0.3, -0.25) is 9.79 Å². The molecule has 1 unspecified atom stereocenters. The average molecular weight is 423 g/mol. The van der Waals surface area contributed by atoms with Gasteiger partial charge < -0.3 is 25.4 Å². The Kier molecular flexibility index (Phi) is 6.92. The predicted octanol–water partition coefficient (Wildman–Crippen LogP) is 2.06. The van der Waals surface area contributed by atoms with E-state index >= 15 is 0 Å². The number of hydrogen-bond donors (Lipinski definition) is 3. The molecule has 7 nitrogen and oxygen atoms in total. The van der Waals surface area contributed by atoms with Crippen molar-refractivity contribution >= 4 is 11.9 Å². The van der Waals surface area contributed by atoms with Crippen LogP contribution in [0.3, 0.4) is 0 Å². The van der Waals surface area contributed by atoms with Crippen molar-refractivity contribution in [1.82, 2.24) is 16.0 Å². The van der Waals surface area contributed by atoms with E-state index in [1.54, 1.807) is 7.05 Å². The molecule has 0 saturated heterocycles. The molecule has 2 aliphatic rings. The van der Waals surface area contributed by atoms with Crippen molar-refractivity contribution in [2.24, 2.45) is 4.99 Å². The molecular weight excluding hydrogens is 392 g/mol. The number of hydrogen-bond acceptors (Lipinski definition) is 4. The third-order valence-electron chi connectivity index (χ3n) is 5.38. The maximum absolute atomic E-state index is 11.7. The van der Waals surface area contributed by atoms with Gasteiger partial charge in [-0.25, -0.2) is 0 Å². The van der Waals surface area contributed by atoms with Gasteiger partial charge in [0.1, 0.15) is 17.6 Å². The van der Waals surface area contributed by atoms with Crippen LogP contribution in [0.1, 0.15) is 24.0 Å². The van der Waals surface area contributed by atoms with Crippen LogP contribution in [-0.2, 0) is 17.6 Å². The van der Waals surface area contributed by atoms with Crippen LogP contribution >= 0.6 is 0 Å². The normalized spacial score (nSPS) is 17.5. The lowest BCUT2D eigenvalue weighted by molar-refractivity contribution is -0.123. The van der Waals surface area contributed by atoms with Gasteiger partial charge >= 0.3 is 0 Å². The van der Waals surface area contributed by atoms with Crippen molar-refractivity contribution in [3.05, 3.63) is 59.7 Å². The minimum atomic E-state index is -0.0541. The summed E-state index contributed by atoms with van der Waals surface area (Å²) < 4.78 is 11.5. The molecule has 2 aromatic rings. The van der Waals surface area contributed by atoms with Crippen LogP contribution in [0.15, 0.2) is 53.5 Å². The van der Waals surface area contributed by atoms with E-state index in [4.69, 9.17) is 9.47 Å². The Bertz CT molecular complexity index is 884. The Morgan fingerprint density at radius 3 is 2.68 bits per heavy atom. The molecule has 1 atom stereocenters. The van der Waals surface area contributed by atoms with E-state index < -0.39 is 0 Å². The number of guanidine groups is 1. The first-order valence-corrected chi connectivity index (χ1v) is 10.9. The van der Waals surface area contributed by atoms with E-state index in [0.29, 0.717) is 18.3 Å². The molecule has 31 heavy (non-hydrogen) atoms. The van der Waals surface area contributed by atoms with E-state index in [1.165, 1.54) is 11.1 Å². The second kappa shape index (κ2) is 10.2. The SMILES string of the molecule is CN=C(NCCc1ccc(OCC(=O)NC2CC2)cc1)NCC1Cc2ccccc2O1. The van der Waals surface area contributed by atoms with E-state index in [-0.39, 0.29) is 18.6 Å². The van der Waals surface area contributed by atoms with Gasteiger partial charge in [-0.05, 0) is 48.6 Å². The Labute approximate surface area is 183 Å². The van der Waals surface area contributed by atoms with Gasteiger partial charge in [0.2, 0.25) is 0 Å². The molecule has 4 rings (SSSR count). The number of carbonyl (C=O) groups is 1. The molecule has 2 aromatic carbocycles. The molecule has 164 valence electrons. The lowest BCUT2D eigenvalue weighted by atomic mass is 10.1. The van der Waals surface area contributed by atoms with Crippen molar-refractivity contribution in [3.8, 4) is 11.5 Å². The number of rotatable bonds is 9. The third kappa shape index (κ3) is 6.38. The Hall–Kier alpha value is -3.22. The van der Waals surface area contributed by atoms with E-state index in [1.807, 2.05) is 42.5 Å². The highest BCUT2D eigenvalue weighted by Crippen LogP contribution is 2.27. The summed E-state index contributed by atoms with van der Waals surface area (Å²) in [6, 6.07) is 16.4. The van der Waals surface area contributed by atoms with E-state index in [0.717, 1.165) is 43.9 Å². The first-order valence-electron chi connectivity index (χ1n) is 10.9. The highest BCUT2D eigenvalue weighted by atomic mass is 16.5. The Morgan fingerprint density at radius 1 is 1.13 bits per heavy atom. The minimum Gasteiger partial charge on any atom is -0.488 e. The summed E-state index contributed by atoms with van der Waals surface area (Å²) in [4.78, 5) is 16.0. The molecule has 1 heterocycles. The molecule has 0 aromatic heterocycles. The summed E-state index contributed by atoms with van der Waals surface area (Å²) in [5.74, 6) is 2.40. The molecule has 0 spiro atoms. The fourth-order valence-electron chi connectivity index (χ4n) is 3.52. The van der Waals surface area contributed by atoms with Crippen LogP contribution in [-0.4, -0.2) is 50.8 Å². The van der Waals surface area contributed by atoms with Gasteiger partial charge in [0.15, 0.2) is 12.6 Å². The van der Waals surface area contributed by atoms with Crippen molar-refractivity contribution in [3.63, 3.8) is 0 Å². The summed E-state index contributed by atoms with van der Waals surface area (Å²) in [5, 5.41) is 9.60. The number of fused-ring (bicyclic) bond motifs is 1. The largest absolute Gasteiger partial charge is 0.488 e. The number of aliphatic imine (C=N–C) groups is 1. The summed E-state index contributed by atoms with van der Waals surface area (Å²) in [5.41, 5.74) is 2.44. The first-order chi connectivity index (χ1) is 15.2. The van der Waals surface area contributed by atoms with Gasteiger partial charge in [-0.1, -0.05) is 30.3 Å². The maximum atomic E-state index is 11.7. The average Bonchev–Trinajstić information content (AvgIpc) is 3.50. The first kappa shape index (κ1) is 21.0. The van der Waals surface area contributed by atoms with Crippen molar-refractivity contribution < 1.29 is 14.3 Å². The second-order valence-electron chi connectivity index (χ2n) is 7.96. The maximum Gasteiger partial charge on any atom is 0.258 e. The van der Waals surface area contributed by atoms with Crippen molar-refractivity contribution in [2.45, 2.75) is 37.8 Å². The van der Waals surface area contributed by atoms with Crippen LogP contribution in [0.2, 0.25) is 0 Å². The second-order valence-corrected chi connectivity index (χ2v) is 7.96. The van der Waals surface area contributed by atoms with Gasteiger partial charge in [0.25, 0.3) is 5.91 Å². The van der Waals surface area contributed by atoms with E-state index in [9.17, 15) is 4.79 Å². The molecular formula is C24H30N4O3. The topological polar surface area (TPSA) is 84.0 Å². The molecule has 0 bridgehead atoms. The molecule has 1 aliphatic heterocycles. The Morgan fingerprint density at radius 2 is 1.94 bits per heavy atom. The summed E-state index contributed by atoms with van der Waals surface area (Å²) in [7, 11) is 1.77. The van der Waals surface area contributed by atoms with Crippen LogP contribution < -0.4 is 25.4 Å². The number of para-hydroxylation sites is 1. The fourth-order valence-corrected chi connectivity index (χ4v) is 3.52. The van der Waals surface area contributed by atoms with Crippen LogP contribution in [0.25, 0.3) is 0 Å². The number of amides is 1. The number of carbonyl (C=O) groups excluding carboxylic acids is 1. The molecule has 1 saturated carbocycles. The number of nitrogens with one attached hydrogen (secondary N) is 3. The lowest BCUT2D eigenvalue weighted by Crippen LogP contribution is -2.42. The fraction of sp³-hybridized carbons (Fsp3) is 0.417. The van der Waals surface area contributed by atoms with Gasteiger partial charge in [-0.15, -0.1) is 0 Å². The van der Waals surface area contributed by atoms with Crippen LogP contribution in [0.5, 0.6) is 11.5 Å². The van der Waals surface area contributed by atoms with Crippen LogP contribution in [0, 0.1) is 0 Å². The van der Waals surface area contributed by atoms with Gasteiger partial charge in [0, 0.05) is 26.1 Å². The molecule has 1 amide bonds. The number of nitrogens with zero attached hydrogens (tertiary/aromatic N) is 1. The zero-order valence-corrected chi connectivity index (χ0v) is 17.9. The molecule has 0 radical (unpaired) electrons. The predicted molar refractivity (Wildman–Crippen MR) is 121 cm³/mol. The summed E-state index contributed by atoms with van der Waals surface area (Å²) in [6.45, 7) is 1.53. The van der Waals surface area contributed by atoms with Crippen molar-refractivity contribution in [1.29, 1.82) is 0 Å². The molecule has 7 heteroatoms. The lowest BCUT2D eigenvalue weighted by Gasteiger charge is -2.15. The van der Waals surface area contributed by atoms with Crippen molar-refractivity contribution in [2.75, 3.05) is 26.7 Å². The highest BCUT2D eigenvalue weighted by Gasteiger charge is 2.23. The molecule has 3 N–H and O–H groups in total. The number of benzene rings is 2. The molecule has 1 aliphatic carbocycles. The highest BCUT2D eigenvalue weighted by molar-refractivity contribution is 5.79. The quantitative estimate of drug-likeness (QED) is 0.426. The third-order valence-corrected chi connectivity index (χ3v) is 5.38.